The normalized spacial score (nSPS) is 15.5. The fourth-order valence-electron chi connectivity index (χ4n) is 3.08. The van der Waals surface area contributed by atoms with Crippen LogP contribution in [-0.4, -0.2) is 43.2 Å². The number of methoxy groups -OCH3 is 1. The van der Waals surface area contributed by atoms with E-state index in [1.165, 1.54) is 16.3 Å². The van der Waals surface area contributed by atoms with Gasteiger partial charge in [0.2, 0.25) is 0 Å². The van der Waals surface area contributed by atoms with E-state index in [4.69, 9.17) is 9.72 Å². The van der Waals surface area contributed by atoms with Crippen LogP contribution in [0.5, 0.6) is 5.75 Å². The third kappa shape index (κ3) is 3.86. The molecule has 0 unspecified atom stereocenters. The molecule has 0 N–H and O–H groups in total. The van der Waals surface area contributed by atoms with E-state index in [-0.39, 0.29) is 0 Å². The first-order valence-electron chi connectivity index (χ1n) is 8.41. The zero-order chi connectivity index (χ0) is 17.1. The Labute approximate surface area is 156 Å². The molecule has 1 aliphatic heterocycles. The highest BCUT2D eigenvalue weighted by atomic mass is 32.1. The summed E-state index contributed by atoms with van der Waals surface area (Å²) in [6.07, 6.45) is 0. The zero-order valence-electron chi connectivity index (χ0n) is 14.2. The summed E-state index contributed by atoms with van der Waals surface area (Å²) in [4.78, 5) is 11.0. The molecular formula is C19H21N3OS2. The van der Waals surface area contributed by atoms with Gasteiger partial charge in [0.05, 0.1) is 17.7 Å². The molecule has 3 aromatic rings. The average Bonchev–Trinajstić information content (AvgIpc) is 3.34. The van der Waals surface area contributed by atoms with Crippen LogP contribution in [0.3, 0.4) is 0 Å². The van der Waals surface area contributed by atoms with Gasteiger partial charge in [0, 0.05) is 43.8 Å². The van der Waals surface area contributed by atoms with Crippen LogP contribution in [0.4, 0.5) is 5.69 Å². The van der Waals surface area contributed by atoms with Crippen LogP contribution >= 0.6 is 22.7 Å². The molecule has 1 saturated heterocycles. The number of nitrogens with zero attached hydrogens (tertiary/aromatic N) is 3. The molecule has 1 fully saturated rings. The number of hydrogen-bond donors (Lipinski definition) is 0. The predicted molar refractivity (Wildman–Crippen MR) is 106 cm³/mol. The van der Waals surface area contributed by atoms with Crippen LogP contribution in [0.25, 0.3) is 9.88 Å². The molecule has 0 spiro atoms. The molecule has 0 saturated carbocycles. The number of ether oxygens (including phenoxy) is 1. The molecule has 25 heavy (non-hydrogen) atoms. The van der Waals surface area contributed by atoms with Crippen LogP contribution in [0.1, 0.15) is 5.69 Å². The summed E-state index contributed by atoms with van der Waals surface area (Å²) in [5.41, 5.74) is 2.46. The number of anilines is 1. The molecule has 3 heterocycles. The monoisotopic (exact) mass is 371 g/mol. The quantitative estimate of drug-likeness (QED) is 0.672. The second-order valence-corrected chi connectivity index (χ2v) is 7.89. The minimum Gasteiger partial charge on any atom is -0.497 e. The summed E-state index contributed by atoms with van der Waals surface area (Å²) >= 11 is 3.50. The number of aromatic nitrogens is 1. The van der Waals surface area contributed by atoms with Gasteiger partial charge in [-0.25, -0.2) is 4.98 Å². The van der Waals surface area contributed by atoms with Crippen LogP contribution < -0.4 is 9.64 Å². The van der Waals surface area contributed by atoms with E-state index in [0.29, 0.717) is 0 Å². The zero-order valence-corrected chi connectivity index (χ0v) is 15.9. The highest BCUT2D eigenvalue weighted by molar-refractivity contribution is 7.20. The van der Waals surface area contributed by atoms with Crippen LogP contribution in [0.2, 0.25) is 0 Å². The van der Waals surface area contributed by atoms with Gasteiger partial charge in [0.1, 0.15) is 10.8 Å². The maximum atomic E-state index is 5.24. The predicted octanol–water partition coefficient (Wildman–Crippen LogP) is 4.20. The number of benzene rings is 1. The van der Waals surface area contributed by atoms with E-state index in [2.05, 4.69) is 44.8 Å². The Morgan fingerprint density at radius 2 is 1.84 bits per heavy atom. The molecule has 0 bridgehead atoms. The molecule has 1 aliphatic rings. The summed E-state index contributed by atoms with van der Waals surface area (Å²) in [5, 5.41) is 5.45. The van der Waals surface area contributed by atoms with Crippen molar-refractivity contribution in [2.24, 2.45) is 0 Å². The van der Waals surface area contributed by atoms with E-state index in [9.17, 15) is 0 Å². The third-order valence-electron chi connectivity index (χ3n) is 4.48. The van der Waals surface area contributed by atoms with Crippen molar-refractivity contribution in [1.82, 2.24) is 9.88 Å². The van der Waals surface area contributed by atoms with Crippen molar-refractivity contribution in [3.8, 4) is 15.6 Å². The summed E-state index contributed by atoms with van der Waals surface area (Å²) in [7, 11) is 1.70. The van der Waals surface area contributed by atoms with Gasteiger partial charge < -0.3 is 9.64 Å². The van der Waals surface area contributed by atoms with Gasteiger partial charge in [-0.2, -0.15) is 0 Å². The number of hydrogen-bond acceptors (Lipinski definition) is 6. The van der Waals surface area contributed by atoms with Gasteiger partial charge in [-0.1, -0.05) is 6.07 Å². The largest absolute Gasteiger partial charge is 0.497 e. The highest BCUT2D eigenvalue weighted by Crippen LogP contribution is 2.28. The maximum Gasteiger partial charge on any atom is 0.133 e. The van der Waals surface area contributed by atoms with Crippen molar-refractivity contribution in [2.75, 3.05) is 38.2 Å². The second-order valence-electron chi connectivity index (χ2n) is 6.08. The van der Waals surface area contributed by atoms with Crippen molar-refractivity contribution < 1.29 is 4.74 Å². The van der Waals surface area contributed by atoms with E-state index >= 15 is 0 Å². The third-order valence-corrected chi connectivity index (χ3v) is 6.41. The van der Waals surface area contributed by atoms with Crippen molar-refractivity contribution >= 4 is 28.4 Å². The lowest BCUT2D eigenvalue weighted by molar-refractivity contribution is 0.247. The molecule has 2 aromatic heterocycles. The van der Waals surface area contributed by atoms with Gasteiger partial charge in [-0.3, -0.25) is 4.90 Å². The van der Waals surface area contributed by atoms with Crippen LogP contribution in [0.15, 0.2) is 47.2 Å². The Balaban J connectivity index is 1.33. The van der Waals surface area contributed by atoms with Gasteiger partial charge in [0.15, 0.2) is 0 Å². The number of piperazine rings is 1. The smallest absolute Gasteiger partial charge is 0.133 e. The molecular weight excluding hydrogens is 350 g/mol. The first-order valence-corrected chi connectivity index (χ1v) is 10.2. The van der Waals surface area contributed by atoms with Crippen molar-refractivity contribution in [3.63, 3.8) is 0 Å². The highest BCUT2D eigenvalue weighted by Gasteiger charge is 2.18. The molecule has 1 aromatic carbocycles. The summed E-state index contributed by atoms with van der Waals surface area (Å²) in [5.74, 6) is 0.910. The number of rotatable bonds is 5. The Morgan fingerprint density at radius 3 is 2.52 bits per heavy atom. The van der Waals surface area contributed by atoms with Crippen molar-refractivity contribution in [1.29, 1.82) is 0 Å². The minimum absolute atomic E-state index is 0.910. The Morgan fingerprint density at radius 1 is 1.04 bits per heavy atom. The lowest BCUT2D eigenvalue weighted by Crippen LogP contribution is -2.46. The van der Waals surface area contributed by atoms with Crippen LogP contribution in [0, 0.1) is 0 Å². The van der Waals surface area contributed by atoms with E-state index in [1.54, 1.807) is 29.8 Å². The Kier molecular flexibility index (Phi) is 5.01. The molecule has 130 valence electrons. The van der Waals surface area contributed by atoms with Gasteiger partial charge in [-0.05, 0) is 35.7 Å². The molecule has 0 aliphatic carbocycles. The summed E-state index contributed by atoms with van der Waals surface area (Å²) in [6.45, 7) is 5.18. The summed E-state index contributed by atoms with van der Waals surface area (Å²) < 4.78 is 5.24. The Bertz CT molecular complexity index is 790. The lowest BCUT2D eigenvalue weighted by Gasteiger charge is -2.35. The molecule has 0 amide bonds. The van der Waals surface area contributed by atoms with E-state index in [1.807, 2.05) is 12.1 Å². The number of thiophene rings is 1. The molecule has 4 nitrogen and oxygen atoms in total. The van der Waals surface area contributed by atoms with Crippen molar-refractivity contribution in [3.05, 3.63) is 52.9 Å². The number of thiazole rings is 1. The summed E-state index contributed by atoms with van der Waals surface area (Å²) in [6, 6.07) is 12.6. The van der Waals surface area contributed by atoms with Gasteiger partial charge in [0.25, 0.3) is 0 Å². The average molecular weight is 372 g/mol. The lowest BCUT2D eigenvalue weighted by atomic mass is 10.2. The molecule has 0 atom stereocenters. The topological polar surface area (TPSA) is 28.6 Å². The molecule has 4 rings (SSSR count). The molecule has 0 radical (unpaired) electrons. The van der Waals surface area contributed by atoms with Gasteiger partial charge in [-0.15, -0.1) is 22.7 Å². The molecule has 6 heteroatoms. The second kappa shape index (κ2) is 7.56. The minimum atomic E-state index is 0.910. The van der Waals surface area contributed by atoms with Crippen molar-refractivity contribution in [2.45, 2.75) is 6.54 Å². The first kappa shape index (κ1) is 16.6. The van der Waals surface area contributed by atoms with E-state index in [0.717, 1.165) is 43.5 Å². The fraction of sp³-hybridized carbons (Fsp3) is 0.316. The van der Waals surface area contributed by atoms with Crippen LogP contribution in [-0.2, 0) is 6.54 Å². The fourth-order valence-corrected chi connectivity index (χ4v) is 4.70. The SMILES string of the molecule is COc1ccc(N2CCN(Cc3csc(-c4cccs4)n3)CC2)cc1. The standard InChI is InChI=1S/C19H21N3OS2/c1-23-17-6-4-16(5-7-17)22-10-8-21(9-11-22)13-15-14-25-19(20-15)18-3-2-12-24-18/h2-7,12,14H,8-11,13H2,1H3. The Hall–Kier alpha value is -1.89. The first-order chi connectivity index (χ1) is 12.3. The van der Waals surface area contributed by atoms with E-state index < -0.39 is 0 Å². The van der Waals surface area contributed by atoms with Gasteiger partial charge >= 0.3 is 0 Å². The maximum absolute atomic E-state index is 5.24.